The van der Waals surface area contributed by atoms with Crippen LogP contribution < -0.4 is 5.32 Å². The van der Waals surface area contributed by atoms with Gasteiger partial charge in [0.15, 0.2) is 5.76 Å². The number of nitrogens with one attached hydrogen (secondary N) is 1. The molecule has 34 heavy (non-hydrogen) atoms. The van der Waals surface area contributed by atoms with Crippen molar-refractivity contribution >= 4 is 41.0 Å². The maximum Gasteiger partial charge on any atom is 0.290 e. The molecule has 0 atom stereocenters. The Hall–Kier alpha value is -3.55. The Labute approximate surface area is 205 Å². The number of amides is 2. The fourth-order valence-corrected chi connectivity index (χ4v) is 3.98. The summed E-state index contributed by atoms with van der Waals surface area (Å²) in [6, 6.07) is 17.8. The van der Waals surface area contributed by atoms with Crippen molar-refractivity contribution in [1.29, 1.82) is 0 Å². The number of aromatic nitrogens is 2. The van der Waals surface area contributed by atoms with Crippen molar-refractivity contribution in [2.24, 2.45) is 0 Å². The SMILES string of the molecule is O=C(CN(C(=O)c1ccco1)C1CC1)Nc1nc(-c2ccc(Cl)cc2)cn1-c1cccc(Cl)c1. The maximum absolute atomic E-state index is 13.0. The predicted octanol–water partition coefficient (Wildman–Crippen LogP) is 5.68. The molecule has 7 nitrogen and oxygen atoms in total. The van der Waals surface area contributed by atoms with Gasteiger partial charge in [-0.15, -0.1) is 0 Å². The van der Waals surface area contributed by atoms with E-state index in [1.807, 2.05) is 30.5 Å². The minimum absolute atomic E-state index is 0.0284. The van der Waals surface area contributed by atoms with Gasteiger partial charge in [-0.05, 0) is 55.3 Å². The minimum atomic E-state index is -0.358. The van der Waals surface area contributed by atoms with Crippen LogP contribution in [0.25, 0.3) is 16.9 Å². The second-order valence-corrected chi connectivity index (χ2v) is 8.87. The van der Waals surface area contributed by atoms with E-state index in [1.54, 1.807) is 45.9 Å². The zero-order valence-corrected chi connectivity index (χ0v) is 19.5. The number of imidazole rings is 1. The van der Waals surface area contributed by atoms with Crippen LogP contribution in [-0.2, 0) is 4.79 Å². The lowest BCUT2D eigenvalue weighted by Gasteiger charge is -2.20. The van der Waals surface area contributed by atoms with Crippen LogP contribution in [-0.4, -0.2) is 38.9 Å². The van der Waals surface area contributed by atoms with Crippen molar-refractivity contribution in [1.82, 2.24) is 14.5 Å². The molecule has 4 aromatic rings. The largest absolute Gasteiger partial charge is 0.459 e. The van der Waals surface area contributed by atoms with Gasteiger partial charge in [0.05, 0.1) is 12.0 Å². The first kappa shape index (κ1) is 22.3. The number of rotatable bonds is 7. The molecule has 0 aliphatic heterocycles. The average Bonchev–Trinajstić information content (AvgIpc) is 3.34. The first-order valence-corrected chi connectivity index (χ1v) is 11.5. The number of carbonyl (C=O) groups excluding carboxylic acids is 2. The van der Waals surface area contributed by atoms with Crippen molar-refractivity contribution in [2.75, 3.05) is 11.9 Å². The fourth-order valence-electron chi connectivity index (χ4n) is 3.66. The molecule has 2 aromatic heterocycles. The van der Waals surface area contributed by atoms with Gasteiger partial charge in [-0.1, -0.05) is 41.4 Å². The normalized spacial score (nSPS) is 13.0. The number of hydrogen-bond donors (Lipinski definition) is 1. The van der Waals surface area contributed by atoms with E-state index in [9.17, 15) is 9.59 Å². The Bertz CT molecular complexity index is 1330. The summed E-state index contributed by atoms with van der Waals surface area (Å²) in [5, 5.41) is 4.04. The molecule has 2 aromatic carbocycles. The van der Waals surface area contributed by atoms with Gasteiger partial charge in [0.25, 0.3) is 5.91 Å². The smallest absolute Gasteiger partial charge is 0.290 e. The molecular weight excluding hydrogens is 475 g/mol. The van der Waals surface area contributed by atoms with Crippen molar-refractivity contribution < 1.29 is 14.0 Å². The third-order valence-corrected chi connectivity index (χ3v) is 5.96. The number of carbonyl (C=O) groups is 2. The fraction of sp³-hybridized carbons (Fsp3) is 0.160. The highest BCUT2D eigenvalue weighted by atomic mass is 35.5. The molecule has 0 unspecified atom stereocenters. The first-order chi connectivity index (χ1) is 16.5. The van der Waals surface area contributed by atoms with Gasteiger partial charge in [-0.2, -0.15) is 0 Å². The van der Waals surface area contributed by atoms with Crippen LogP contribution in [0.2, 0.25) is 10.0 Å². The molecule has 172 valence electrons. The van der Waals surface area contributed by atoms with Gasteiger partial charge >= 0.3 is 0 Å². The summed E-state index contributed by atoms with van der Waals surface area (Å²) in [5.41, 5.74) is 2.23. The Balaban J connectivity index is 1.43. The van der Waals surface area contributed by atoms with Gasteiger partial charge in [-0.25, -0.2) is 4.98 Å². The van der Waals surface area contributed by atoms with Crippen LogP contribution in [0.4, 0.5) is 5.95 Å². The highest BCUT2D eigenvalue weighted by Gasteiger charge is 2.35. The van der Waals surface area contributed by atoms with E-state index in [1.165, 1.54) is 6.26 Å². The topological polar surface area (TPSA) is 80.4 Å². The number of furan rings is 1. The summed E-state index contributed by atoms with van der Waals surface area (Å²) in [6.45, 7) is -0.108. The lowest BCUT2D eigenvalue weighted by atomic mass is 10.2. The van der Waals surface area contributed by atoms with Crippen molar-refractivity contribution in [3.05, 3.63) is 88.9 Å². The number of hydrogen-bond acceptors (Lipinski definition) is 4. The van der Waals surface area contributed by atoms with Crippen LogP contribution in [0.5, 0.6) is 0 Å². The molecule has 2 heterocycles. The van der Waals surface area contributed by atoms with E-state index in [4.69, 9.17) is 27.6 Å². The van der Waals surface area contributed by atoms with E-state index in [2.05, 4.69) is 10.3 Å². The number of benzene rings is 2. The molecule has 0 spiro atoms. The summed E-state index contributed by atoms with van der Waals surface area (Å²) < 4.78 is 7.00. The van der Waals surface area contributed by atoms with E-state index in [0.29, 0.717) is 21.7 Å². The van der Waals surface area contributed by atoms with E-state index < -0.39 is 0 Å². The molecule has 5 rings (SSSR count). The molecule has 0 saturated heterocycles. The standard InChI is InChI=1S/C25H20Cl2N4O3/c26-17-8-6-16(7-9-17)21-14-31(20-4-1-3-18(27)13-20)25(28-21)29-23(32)15-30(19-10-11-19)24(33)22-5-2-12-34-22/h1-9,12-14,19H,10-11,15H2,(H,28,29,32). The number of anilines is 1. The third kappa shape index (κ3) is 4.85. The molecule has 1 fully saturated rings. The predicted molar refractivity (Wildman–Crippen MR) is 130 cm³/mol. The summed E-state index contributed by atoms with van der Waals surface area (Å²) in [7, 11) is 0. The highest BCUT2D eigenvalue weighted by Crippen LogP contribution is 2.29. The Morgan fingerprint density at radius 2 is 1.85 bits per heavy atom. The maximum atomic E-state index is 13.0. The molecule has 1 aliphatic rings. The quantitative estimate of drug-likeness (QED) is 0.358. The lowest BCUT2D eigenvalue weighted by molar-refractivity contribution is -0.117. The van der Waals surface area contributed by atoms with Gasteiger partial charge < -0.3 is 9.32 Å². The highest BCUT2D eigenvalue weighted by molar-refractivity contribution is 6.31. The second-order valence-electron chi connectivity index (χ2n) is 8.00. The van der Waals surface area contributed by atoms with Crippen molar-refractivity contribution in [2.45, 2.75) is 18.9 Å². The van der Waals surface area contributed by atoms with Gasteiger partial charge in [-0.3, -0.25) is 19.5 Å². The Morgan fingerprint density at radius 3 is 2.53 bits per heavy atom. The molecule has 1 saturated carbocycles. The molecule has 9 heteroatoms. The molecule has 0 radical (unpaired) electrons. The Morgan fingerprint density at radius 1 is 1.06 bits per heavy atom. The Kier molecular flexibility index (Phi) is 6.13. The minimum Gasteiger partial charge on any atom is -0.459 e. The average molecular weight is 495 g/mol. The summed E-state index contributed by atoms with van der Waals surface area (Å²) >= 11 is 12.2. The van der Waals surface area contributed by atoms with E-state index >= 15 is 0 Å². The van der Waals surface area contributed by atoms with Gasteiger partial charge in [0, 0.05) is 33.5 Å². The molecule has 2 amide bonds. The van der Waals surface area contributed by atoms with Crippen molar-refractivity contribution in [3.63, 3.8) is 0 Å². The summed E-state index contributed by atoms with van der Waals surface area (Å²) in [4.78, 5) is 32.0. The molecule has 1 aliphatic carbocycles. The van der Waals surface area contributed by atoms with Crippen LogP contribution in [0.3, 0.4) is 0 Å². The van der Waals surface area contributed by atoms with Gasteiger partial charge in [0.1, 0.15) is 6.54 Å². The summed E-state index contributed by atoms with van der Waals surface area (Å²) in [5.74, 6) is -0.130. The zero-order valence-electron chi connectivity index (χ0n) is 17.9. The second kappa shape index (κ2) is 9.37. The number of nitrogens with zero attached hydrogens (tertiary/aromatic N) is 3. The van der Waals surface area contributed by atoms with E-state index in [0.717, 1.165) is 24.1 Å². The monoisotopic (exact) mass is 494 g/mol. The van der Waals surface area contributed by atoms with Crippen LogP contribution in [0.1, 0.15) is 23.4 Å². The number of halogens is 2. The first-order valence-electron chi connectivity index (χ1n) is 10.7. The van der Waals surface area contributed by atoms with Crippen molar-refractivity contribution in [3.8, 4) is 16.9 Å². The van der Waals surface area contributed by atoms with Crippen LogP contribution in [0.15, 0.2) is 77.5 Å². The third-order valence-electron chi connectivity index (χ3n) is 5.48. The van der Waals surface area contributed by atoms with Crippen LogP contribution in [0, 0.1) is 0 Å². The van der Waals surface area contributed by atoms with Gasteiger partial charge in [0.2, 0.25) is 11.9 Å². The summed E-state index contributed by atoms with van der Waals surface area (Å²) in [6.07, 6.45) is 4.98. The lowest BCUT2D eigenvalue weighted by Crippen LogP contribution is -2.39. The molecule has 1 N–H and O–H groups in total. The van der Waals surface area contributed by atoms with Crippen LogP contribution >= 0.6 is 23.2 Å². The molecule has 0 bridgehead atoms. The zero-order chi connectivity index (χ0) is 23.7. The van der Waals surface area contributed by atoms with E-state index in [-0.39, 0.29) is 30.2 Å². The molecular formula is C25H20Cl2N4O3.